The van der Waals surface area contributed by atoms with Crippen LogP contribution in [0.4, 0.5) is 0 Å². The van der Waals surface area contributed by atoms with E-state index in [-0.39, 0.29) is 0 Å². The van der Waals surface area contributed by atoms with Crippen LogP contribution in [-0.2, 0) is 6.42 Å². The van der Waals surface area contributed by atoms with Crippen LogP contribution in [0, 0.1) is 0 Å². The van der Waals surface area contributed by atoms with E-state index in [1.54, 1.807) is 0 Å². The van der Waals surface area contributed by atoms with Crippen LogP contribution in [0.25, 0.3) is 94.7 Å². The molecule has 0 radical (unpaired) electrons. The normalized spacial score (nSPS) is 11.6. The topological polar surface area (TPSA) is 56.7 Å². The van der Waals surface area contributed by atoms with Gasteiger partial charge in [0.25, 0.3) is 0 Å². The maximum Gasteiger partial charge on any atom is 0.164 e. The lowest BCUT2D eigenvalue weighted by Crippen LogP contribution is -2.01. The minimum absolute atomic E-state index is 0.633. The number of para-hydroxylation sites is 3. The number of rotatable bonds is 8. The van der Waals surface area contributed by atoms with Gasteiger partial charge in [-0.15, -0.1) is 0 Å². The lowest BCUT2D eigenvalue weighted by atomic mass is 10.0. The highest BCUT2D eigenvalue weighted by molar-refractivity contribution is 6.21. The van der Waals surface area contributed by atoms with Gasteiger partial charge >= 0.3 is 0 Å². The lowest BCUT2D eigenvalue weighted by molar-refractivity contribution is 0.671. The van der Waals surface area contributed by atoms with Gasteiger partial charge in [-0.05, 0) is 54.3 Å². The molecule has 0 N–H and O–H groups in total. The molecule has 0 atom stereocenters. The minimum atomic E-state index is 0.633. The Bertz CT molecular complexity index is 2980. The zero-order chi connectivity index (χ0) is 36.0. The van der Waals surface area contributed by atoms with Crippen LogP contribution in [0.15, 0.2) is 168 Å². The molecule has 10 rings (SSSR count). The van der Waals surface area contributed by atoms with Crippen molar-refractivity contribution in [1.82, 2.24) is 19.5 Å². The van der Waals surface area contributed by atoms with E-state index >= 15 is 0 Å². The number of nitrogens with zero attached hydrogens (tertiary/aromatic N) is 4. The number of hydrogen-bond donors (Lipinski definition) is 0. The van der Waals surface area contributed by atoms with E-state index in [1.807, 2.05) is 42.5 Å². The van der Waals surface area contributed by atoms with E-state index in [0.29, 0.717) is 17.5 Å². The average Bonchev–Trinajstić information content (AvgIpc) is 3.79. The van der Waals surface area contributed by atoms with Gasteiger partial charge in [-0.1, -0.05) is 147 Å². The lowest BCUT2D eigenvalue weighted by Gasteiger charge is -2.15. The van der Waals surface area contributed by atoms with Crippen molar-refractivity contribution in [3.8, 4) is 51.0 Å². The molecule has 0 saturated carbocycles. The SMILES string of the molecule is CCCCc1ccc(-c2nc(-c3ccccc3)nc(-c3cccc(-c4ccccc4-n4c5ccccc5c5ccc6c7ccccc7oc6c54)c3)n2)cc1. The highest BCUT2D eigenvalue weighted by Crippen LogP contribution is 2.42. The van der Waals surface area contributed by atoms with Gasteiger partial charge in [-0.2, -0.15) is 0 Å². The van der Waals surface area contributed by atoms with Crippen LogP contribution >= 0.6 is 0 Å². The van der Waals surface area contributed by atoms with E-state index in [9.17, 15) is 0 Å². The molecule has 0 spiro atoms. The fraction of sp³-hybridized carbons (Fsp3) is 0.0816. The zero-order valence-corrected chi connectivity index (χ0v) is 29.9. The Hall–Kier alpha value is -6.85. The van der Waals surface area contributed by atoms with Crippen LogP contribution < -0.4 is 0 Å². The molecule has 7 aromatic carbocycles. The Balaban J connectivity index is 1.15. The zero-order valence-electron chi connectivity index (χ0n) is 29.9. The number of furan rings is 1. The predicted molar refractivity (Wildman–Crippen MR) is 222 cm³/mol. The summed E-state index contributed by atoms with van der Waals surface area (Å²) in [7, 11) is 0. The molecule has 3 aromatic heterocycles. The minimum Gasteiger partial charge on any atom is -0.454 e. The first-order chi connectivity index (χ1) is 26.7. The fourth-order valence-electron chi connectivity index (χ4n) is 7.77. The van der Waals surface area contributed by atoms with Gasteiger partial charge in [-0.3, -0.25) is 0 Å². The molecular weight excluding hydrogens is 661 g/mol. The second-order valence-electron chi connectivity index (χ2n) is 13.9. The first-order valence-corrected chi connectivity index (χ1v) is 18.7. The molecule has 0 bridgehead atoms. The van der Waals surface area contributed by atoms with Gasteiger partial charge in [0.15, 0.2) is 23.1 Å². The molecule has 10 aromatic rings. The Kier molecular flexibility index (Phi) is 7.84. The third-order valence-electron chi connectivity index (χ3n) is 10.5. The number of aromatic nitrogens is 4. The first-order valence-electron chi connectivity index (χ1n) is 18.7. The van der Waals surface area contributed by atoms with Gasteiger partial charge in [0.2, 0.25) is 0 Å². The summed E-state index contributed by atoms with van der Waals surface area (Å²) in [4.78, 5) is 15.1. The monoisotopic (exact) mass is 696 g/mol. The van der Waals surface area contributed by atoms with Crippen molar-refractivity contribution in [2.45, 2.75) is 26.2 Å². The molecule has 0 aliphatic carbocycles. The van der Waals surface area contributed by atoms with Crippen LogP contribution in [0.3, 0.4) is 0 Å². The molecule has 5 heteroatoms. The average molecular weight is 697 g/mol. The number of unbranched alkanes of at least 4 members (excludes halogenated alkanes) is 1. The smallest absolute Gasteiger partial charge is 0.164 e. The van der Waals surface area contributed by atoms with Gasteiger partial charge in [0.1, 0.15) is 5.58 Å². The second kappa shape index (κ2) is 13.3. The van der Waals surface area contributed by atoms with Crippen molar-refractivity contribution in [3.63, 3.8) is 0 Å². The molecule has 0 saturated heterocycles. The Morgan fingerprint density at radius 1 is 0.500 bits per heavy atom. The van der Waals surface area contributed by atoms with Crippen LogP contribution in [0.2, 0.25) is 0 Å². The maximum absolute atomic E-state index is 6.66. The van der Waals surface area contributed by atoms with Crippen molar-refractivity contribution < 1.29 is 4.42 Å². The van der Waals surface area contributed by atoms with Crippen LogP contribution in [0.5, 0.6) is 0 Å². The van der Waals surface area contributed by atoms with Crippen LogP contribution in [-0.4, -0.2) is 19.5 Å². The molecule has 0 aliphatic rings. The standard InChI is InChI=1S/C49H36N4O/c1-2-3-14-32-25-27-34(28-26-32)48-50-47(33-15-5-4-6-16-33)51-49(52-48)36-18-13-17-35(31-36)37-19-7-10-22-42(37)53-43-23-11-8-20-38(43)40-29-30-41-39-21-9-12-24-44(39)54-46(41)45(40)53/h4-13,15-31H,2-3,14H2,1H3. The molecule has 54 heavy (non-hydrogen) atoms. The van der Waals surface area contributed by atoms with Gasteiger partial charge in [0, 0.05) is 43.8 Å². The van der Waals surface area contributed by atoms with E-state index in [1.165, 1.54) is 23.8 Å². The van der Waals surface area contributed by atoms with Gasteiger partial charge in [0.05, 0.1) is 16.7 Å². The van der Waals surface area contributed by atoms with E-state index in [0.717, 1.165) is 78.3 Å². The van der Waals surface area contributed by atoms with Crippen molar-refractivity contribution in [1.29, 1.82) is 0 Å². The molecule has 0 fully saturated rings. The fourth-order valence-corrected chi connectivity index (χ4v) is 7.77. The third-order valence-corrected chi connectivity index (χ3v) is 10.5. The Morgan fingerprint density at radius 3 is 1.94 bits per heavy atom. The Morgan fingerprint density at radius 2 is 1.13 bits per heavy atom. The predicted octanol–water partition coefficient (Wildman–Crippen LogP) is 12.9. The summed E-state index contributed by atoms with van der Waals surface area (Å²) in [6.45, 7) is 2.23. The quantitative estimate of drug-likeness (QED) is 0.159. The summed E-state index contributed by atoms with van der Waals surface area (Å²) in [5.41, 5.74) is 11.4. The van der Waals surface area contributed by atoms with Gasteiger partial charge < -0.3 is 8.98 Å². The van der Waals surface area contributed by atoms with Crippen molar-refractivity contribution in [3.05, 3.63) is 169 Å². The summed E-state index contributed by atoms with van der Waals surface area (Å²) in [5, 5.41) is 4.57. The number of fused-ring (bicyclic) bond motifs is 7. The van der Waals surface area contributed by atoms with Crippen LogP contribution in [0.1, 0.15) is 25.3 Å². The Labute approximate surface area is 313 Å². The highest BCUT2D eigenvalue weighted by atomic mass is 16.3. The molecular formula is C49H36N4O. The summed E-state index contributed by atoms with van der Waals surface area (Å²) >= 11 is 0. The van der Waals surface area contributed by atoms with E-state index < -0.39 is 0 Å². The van der Waals surface area contributed by atoms with Gasteiger partial charge in [-0.25, -0.2) is 15.0 Å². The molecule has 0 unspecified atom stereocenters. The van der Waals surface area contributed by atoms with Crippen molar-refractivity contribution in [2.75, 3.05) is 0 Å². The summed E-state index contributed by atoms with van der Waals surface area (Å²) < 4.78 is 9.03. The molecule has 258 valence electrons. The summed E-state index contributed by atoms with van der Waals surface area (Å²) in [6.07, 6.45) is 3.42. The number of benzene rings is 7. The summed E-state index contributed by atoms with van der Waals surface area (Å²) in [5.74, 6) is 1.94. The van der Waals surface area contributed by atoms with E-state index in [4.69, 9.17) is 19.4 Å². The number of aryl methyl sites for hydroxylation is 1. The van der Waals surface area contributed by atoms with E-state index in [2.05, 4.69) is 133 Å². The first kappa shape index (κ1) is 31.9. The highest BCUT2D eigenvalue weighted by Gasteiger charge is 2.21. The second-order valence-corrected chi connectivity index (χ2v) is 13.9. The molecule has 5 nitrogen and oxygen atoms in total. The van der Waals surface area contributed by atoms with Crippen molar-refractivity contribution >= 4 is 43.7 Å². The molecule has 0 aliphatic heterocycles. The summed E-state index contributed by atoms with van der Waals surface area (Å²) in [6, 6.07) is 57.3. The third kappa shape index (κ3) is 5.44. The largest absolute Gasteiger partial charge is 0.454 e. The van der Waals surface area contributed by atoms with Crippen molar-refractivity contribution in [2.24, 2.45) is 0 Å². The molecule has 3 heterocycles. The molecule has 0 amide bonds. The number of hydrogen-bond acceptors (Lipinski definition) is 4. The maximum atomic E-state index is 6.66.